The summed E-state index contributed by atoms with van der Waals surface area (Å²) < 4.78 is 7.61. The molecule has 0 unspecified atom stereocenters. The molecule has 1 nitrogen and oxygen atoms in total. The van der Waals surface area contributed by atoms with Gasteiger partial charge in [-0.05, 0) is 0 Å². The molecule has 0 fully saturated rings. The number of halogens is 1. The van der Waals surface area contributed by atoms with Crippen LogP contribution in [-0.2, 0) is 0 Å². The van der Waals surface area contributed by atoms with Gasteiger partial charge in [-0.3, -0.25) is 0 Å². The van der Waals surface area contributed by atoms with Crippen molar-refractivity contribution in [3.8, 4) is 0 Å². The van der Waals surface area contributed by atoms with E-state index in [1.165, 1.54) is 8.00 Å². The normalized spacial score (nSPS) is 10.1. The standard InChI is InChI=1S/C6H8IO/c1-2-7-6-3-4-8-5-6/h3-5H,2H2,1H3/q-1. The minimum atomic E-state index is 0.274. The molecule has 1 aromatic heterocycles. The molecule has 0 saturated heterocycles. The molecule has 0 radical (unpaired) electrons. The molecule has 1 aromatic rings. The fourth-order valence-corrected chi connectivity index (χ4v) is 2.09. The number of alkyl halides is 1. The topological polar surface area (TPSA) is 13.1 Å². The fourth-order valence-electron chi connectivity index (χ4n) is 0.478. The summed E-state index contributed by atoms with van der Waals surface area (Å²) >= 11 is 0.274. The van der Waals surface area contributed by atoms with E-state index < -0.39 is 0 Å². The number of furan rings is 1. The molecule has 0 aliphatic carbocycles. The third-order valence-corrected chi connectivity index (χ3v) is 3.03. The van der Waals surface area contributed by atoms with Gasteiger partial charge < -0.3 is 0 Å². The van der Waals surface area contributed by atoms with Gasteiger partial charge >= 0.3 is 59.1 Å². The van der Waals surface area contributed by atoms with E-state index in [9.17, 15) is 0 Å². The van der Waals surface area contributed by atoms with Gasteiger partial charge in [-0.2, -0.15) is 0 Å². The molecular weight excluding hydrogens is 215 g/mol. The van der Waals surface area contributed by atoms with E-state index in [4.69, 9.17) is 4.42 Å². The molecule has 0 saturated carbocycles. The Morgan fingerprint density at radius 3 is 3.12 bits per heavy atom. The molecule has 0 aliphatic rings. The first kappa shape index (κ1) is 6.13. The predicted molar refractivity (Wildman–Crippen MR) is 27.9 cm³/mol. The molecular formula is C6H8IO-. The Morgan fingerprint density at radius 1 is 1.75 bits per heavy atom. The van der Waals surface area contributed by atoms with Gasteiger partial charge in [0.05, 0.1) is 0 Å². The molecule has 0 spiro atoms. The summed E-state index contributed by atoms with van der Waals surface area (Å²) in [5.74, 6) is 0. The van der Waals surface area contributed by atoms with Gasteiger partial charge in [0.25, 0.3) is 0 Å². The zero-order chi connectivity index (χ0) is 5.82. The zero-order valence-electron chi connectivity index (χ0n) is 4.73. The second-order valence-corrected chi connectivity index (χ2v) is 4.88. The third kappa shape index (κ3) is 1.51. The Morgan fingerprint density at radius 2 is 2.62 bits per heavy atom. The van der Waals surface area contributed by atoms with E-state index in [1.54, 1.807) is 6.26 Å². The van der Waals surface area contributed by atoms with Crippen molar-refractivity contribution >= 4 is 0 Å². The Kier molecular flexibility index (Phi) is 2.39. The molecule has 0 aromatic carbocycles. The Balaban J connectivity index is 2.50. The average Bonchev–Trinajstić information content (AvgIpc) is 2.19. The Hall–Kier alpha value is 0.01000. The molecule has 0 bridgehead atoms. The van der Waals surface area contributed by atoms with Gasteiger partial charge in [0.2, 0.25) is 0 Å². The fraction of sp³-hybridized carbons (Fsp3) is 0.333. The van der Waals surface area contributed by atoms with Crippen LogP contribution in [0.15, 0.2) is 23.0 Å². The summed E-state index contributed by atoms with van der Waals surface area (Å²) in [6, 6.07) is 2.05. The molecule has 1 heterocycles. The van der Waals surface area contributed by atoms with Crippen LogP contribution in [0, 0.1) is 3.57 Å². The second-order valence-electron chi connectivity index (χ2n) is 1.34. The van der Waals surface area contributed by atoms with Crippen molar-refractivity contribution in [3.05, 3.63) is 22.2 Å². The van der Waals surface area contributed by atoms with E-state index in [2.05, 4.69) is 13.0 Å². The van der Waals surface area contributed by atoms with Crippen LogP contribution in [0.5, 0.6) is 0 Å². The Bertz CT molecular complexity index is 134. The summed E-state index contributed by atoms with van der Waals surface area (Å²) in [5, 5.41) is 0. The Labute approximate surface area is 59.3 Å². The zero-order valence-corrected chi connectivity index (χ0v) is 6.88. The number of rotatable bonds is 2. The summed E-state index contributed by atoms with van der Waals surface area (Å²) in [6.45, 7) is 2.21. The summed E-state index contributed by atoms with van der Waals surface area (Å²) in [4.78, 5) is 0. The first-order chi connectivity index (χ1) is 3.93. The van der Waals surface area contributed by atoms with Crippen molar-refractivity contribution in [3.63, 3.8) is 0 Å². The van der Waals surface area contributed by atoms with Crippen molar-refractivity contribution < 1.29 is 25.6 Å². The predicted octanol–water partition coefficient (Wildman–Crippen LogP) is -1.44. The van der Waals surface area contributed by atoms with Crippen molar-refractivity contribution in [2.75, 3.05) is 4.43 Å². The quantitative estimate of drug-likeness (QED) is 0.442. The van der Waals surface area contributed by atoms with Gasteiger partial charge in [-0.15, -0.1) is 0 Å². The van der Waals surface area contributed by atoms with Crippen molar-refractivity contribution in [2.24, 2.45) is 0 Å². The maximum absolute atomic E-state index is 4.89. The molecule has 1 rings (SSSR count). The molecule has 2 heteroatoms. The van der Waals surface area contributed by atoms with E-state index in [-0.39, 0.29) is 21.2 Å². The van der Waals surface area contributed by atoms with Crippen LogP contribution in [0.4, 0.5) is 0 Å². The third-order valence-electron chi connectivity index (χ3n) is 0.774. The first-order valence-corrected chi connectivity index (χ1v) is 5.15. The minimum absolute atomic E-state index is 0.274. The summed E-state index contributed by atoms with van der Waals surface area (Å²) in [7, 11) is 0. The van der Waals surface area contributed by atoms with Crippen LogP contribution in [0.25, 0.3) is 0 Å². The van der Waals surface area contributed by atoms with Crippen LogP contribution in [-0.4, -0.2) is 4.43 Å². The summed E-state index contributed by atoms with van der Waals surface area (Å²) in [6.07, 6.45) is 3.58. The van der Waals surface area contributed by atoms with Gasteiger partial charge in [0.15, 0.2) is 0 Å². The molecule has 0 atom stereocenters. The molecule has 0 amide bonds. The average molecular weight is 223 g/mol. The van der Waals surface area contributed by atoms with Crippen LogP contribution in [0.1, 0.15) is 6.92 Å². The molecule has 8 heavy (non-hydrogen) atoms. The van der Waals surface area contributed by atoms with E-state index >= 15 is 0 Å². The van der Waals surface area contributed by atoms with Crippen LogP contribution in [0.2, 0.25) is 0 Å². The van der Waals surface area contributed by atoms with E-state index in [1.807, 2.05) is 6.26 Å². The first-order valence-electron chi connectivity index (χ1n) is 2.55. The van der Waals surface area contributed by atoms with Gasteiger partial charge in [-0.25, -0.2) is 0 Å². The molecule has 0 N–H and O–H groups in total. The van der Waals surface area contributed by atoms with Crippen LogP contribution >= 0.6 is 0 Å². The van der Waals surface area contributed by atoms with Crippen molar-refractivity contribution in [2.45, 2.75) is 6.92 Å². The van der Waals surface area contributed by atoms with Crippen molar-refractivity contribution in [1.82, 2.24) is 0 Å². The number of hydrogen-bond acceptors (Lipinski definition) is 1. The molecule has 46 valence electrons. The van der Waals surface area contributed by atoms with Crippen molar-refractivity contribution in [1.29, 1.82) is 0 Å². The monoisotopic (exact) mass is 223 g/mol. The molecule has 0 aliphatic heterocycles. The maximum atomic E-state index is 4.89. The number of hydrogen-bond donors (Lipinski definition) is 0. The summed E-state index contributed by atoms with van der Waals surface area (Å²) in [5.41, 5.74) is 0. The van der Waals surface area contributed by atoms with Gasteiger partial charge in [-0.1, -0.05) is 0 Å². The van der Waals surface area contributed by atoms with Crippen LogP contribution < -0.4 is 21.2 Å². The van der Waals surface area contributed by atoms with E-state index in [0.29, 0.717) is 0 Å². The van der Waals surface area contributed by atoms with Crippen LogP contribution in [0.3, 0.4) is 0 Å². The van der Waals surface area contributed by atoms with Gasteiger partial charge in [0, 0.05) is 0 Å². The SMILES string of the molecule is CC[I-]c1ccoc1. The van der Waals surface area contributed by atoms with E-state index in [0.717, 1.165) is 0 Å². The van der Waals surface area contributed by atoms with Gasteiger partial charge in [0.1, 0.15) is 0 Å². The second kappa shape index (κ2) is 3.12.